The molecule has 2 heterocycles. The van der Waals surface area contributed by atoms with Crippen LogP contribution in [0.25, 0.3) is 16.9 Å². The van der Waals surface area contributed by atoms with Gasteiger partial charge in [-0.3, -0.25) is 14.8 Å². The Balaban J connectivity index is 0.000000623. The maximum atomic E-state index is 13.1. The van der Waals surface area contributed by atoms with Crippen molar-refractivity contribution in [2.75, 3.05) is 13.1 Å². The summed E-state index contributed by atoms with van der Waals surface area (Å²) in [7, 11) is -4.92. The summed E-state index contributed by atoms with van der Waals surface area (Å²) in [5.41, 5.74) is 6.42. The van der Waals surface area contributed by atoms with Gasteiger partial charge in [0, 0.05) is 34.3 Å². The fourth-order valence-corrected chi connectivity index (χ4v) is 4.30. The summed E-state index contributed by atoms with van der Waals surface area (Å²) in [5.74, 6) is -0.228. The van der Waals surface area contributed by atoms with Crippen LogP contribution >= 0.6 is 34.8 Å². The lowest BCUT2D eigenvalue weighted by molar-refractivity contribution is 0.0743. The van der Waals surface area contributed by atoms with Crippen LogP contribution in [-0.2, 0) is 10.4 Å². The first-order chi connectivity index (χ1) is 16.4. The summed E-state index contributed by atoms with van der Waals surface area (Å²) >= 11 is 18.6. The van der Waals surface area contributed by atoms with Gasteiger partial charge in [-0.1, -0.05) is 53.4 Å². The minimum atomic E-state index is -4.92. The van der Waals surface area contributed by atoms with E-state index < -0.39 is 10.4 Å². The Morgan fingerprint density at radius 2 is 1.60 bits per heavy atom. The molecule has 1 aromatic heterocycles. The predicted molar refractivity (Wildman–Crippen MR) is 134 cm³/mol. The number of piperidine rings is 1. The summed E-state index contributed by atoms with van der Waals surface area (Å²) in [5, 5.41) is 8.22. The van der Waals surface area contributed by atoms with Gasteiger partial charge in [0.05, 0.1) is 16.4 Å². The van der Waals surface area contributed by atoms with Gasteiger partial charge in [0.1, 0.15) is 0 Å². The Kier molecular flexibility index (Phi) is 9.16. The summed E-state index contributed by atoms with van der Waals surface area (Å²) < 4.78 is 34.5. The van der Waals surface area contributed by atoms with Crippen molar-refractivity contribution in [3.05, 3.63) is 68.8 Å². The van der Waals surface area contributed by atoms with Gasteiger partial charge in [0.25, 0.3) is 5.91 Å². The van der Waals surface area contributed by atoms with Gasteiger partial charge in [-0.05, 0) is 50.1 Å². The van der Waals surface area contributed by atoms with Gasteiger partial charge < -0.3 is 4.55 Å². The maximum Gasteiger partial charge on any atom is 0.286 e. The number of aromatic nitrogens is 2. The minimum Gasteiger partial charge on any atom is -0.726 e. The third-order valence-electron chi connectivity index (χ3n) is 5.21. The maximum absolute atomic E-state index is 13.1. The lowest BCUT2D eigenvalue weighted by Crippen LogP contribution is -2.45. The largest absolute Gasteiger partial charge is 0.726 e. The molecule has 0 saturated carbocycles. The highest BCUT2D eigenvalue weighted by atomic mass is 35.5. The normalized spacial score (nSPS) is 14.2. The molecule has 0 spiro atoms. The number of halogens is 3. The first kappa shape index (κ1) is 27.4. The average Bonchev–Trinajstić information content (AvgIpc) is 3.11. The molecule has 2 aromatic carbocycles. The molecule has 1 aliphatic heterocycles. The fraction of sp³-hybridized carbons (Fsp3) is 0.273. The fourth-order valence-electron chi connectivity index (χ4n) is 3.69. The Labute approximate surface area is 218 Å². The SMILES string of the molecule is Cc1c(C(=O)NN2CCCCC2)nn(-c2ccc(Cl)cc2Cl)c1-c1ccc(Cl)cc1.O=S(=O)([O-])O. The van der Waals surface area contributed by atoms with E-state index in [1.165, 1.54) is 6.42 Å². The third kappa shape index (κ3) is 7.65. The van der Waals surface area contributed by atoms with Crippen LogP contribution in [0.15, 0.2) is 42.5 Å². The summed E-state index contributed by atoms with van der Waals surface area (Å²) in [6.45, 7) is 3.58. The van der Waals surface area contributed by atoms with Gasteiger partial charge in [-0.25, -0.2) is 18.1 Å². The highest BCUT2D eigenvalue weighted by Gasteiger charge is 2.24. The molecule has 4 rings (SSSR count). The number of nitrogens with one attached hydrogen (secondary N) is 1. The molecule has 188 valence electrons. The quantitative estimate of drug-likeness (QED) is 0.341. The van der Waals surface area contributed by atoms with E-state index in [2.05, 4.69) is 10.5 Å². The van der Waals surface area contributed by atoms with Crippen molar-refractivity contribution in [1.29, 1.82) is 0 Å². The molecule has 1 amide bonds. The zero-order valence-electron chi connectivity index (χ0n) is 18.5. The molecule has 0 radical (unpaired) electrons. The van der Waals surface area contributed by atoms with Crippen LogP contribution in [-0.4, -0.2) is 51.3 Å². The lowest BCUT2D eigenvalue weighted by atomic mass is 10.1. The molecule has 0 bridgehead atoms. The number of hydrazine groups is 1. The van der Waals surface area contributed by atoms with Crippen molar-refractivity contribution >= 4 is 51.1 Å². The van der Waals surface area contributed by atoms with Gasteiger partial charge >= 0.3 is 0 Å². The Morgan fingerprint density at radius 3 is 2.17 bits per heavy atom. The topological polar surface area (TPSA) is 128 Å². The van der Waals surface area contributed by atoms with E-state index in [4.69, 9.17) is 52.3 Å². The van der Waals surface area contributed by atoms with Crippen molar-refractivity contribution in [2.24, 2.45) is 0 Å². The Morgan fingerprint density at radius 1 is 1.03 bits per heavy atom. The van der Waals surface area contributed by atoms with Gasteiger partial charge in [-0.2, -0.15) is 5.10 Å². The van der Waals surface area contributed by atoms with Crippen LogP contribution in [0.4, 0.5) is 0 Å². The number of carbonyl (C=O) groups is 1. The van der Waals surface area contributed by atoms with Gasteiger partial charge in [0.2, 0.25) is 10.4 Å². The minimum absolute atomic E-state index is 0.228. The molecule has 0 aliphatic carbocycles. The van der Waals surface area contributed by atoms with E-state index in [-0.39, 0.29) is 5.91 Å². The van der Waals surface area contributed by atoms with E-state index in [0.717, 1.165) is 42.8 Å². The first-order valence-electron chi connectivity index (χ1n) is 10.5. The second-order valence-corrected chi connectivity index (χ2v) is 9.89. The zero-order valence-corrected chi connectivity index (χ0v) is 21.6. The Hall–Kier alpha value is -2.18. The smallest absolute Gasteiger partial charge is 0.286 e. The third-order valence-corrected chi connectivity index (χ3v) is 6.00. The molecule has 1 saturated heterocycles. The monoisotopic (exact) mass is 559 g/mol. The number of carbonyl (C=O) groups excluding carboxylic acids is 1. The number of hydrogen-bond acceptors (Lipinski definition) is 6. The lowest BCUT2D eigenvalue weighted by Gasteiger charge is -2.26. The van der Waals surface area contributed by atoms with Crippen molar-refractivity contribution < 1.29 is 22.3 Å². The predicted octanol–water partition coefficient (Wildman–Crippen LogP) is 4.94. The van der Waals surface area contributed by atoms with E-state index in [1.54, 1.807) is 22.9 Å². The van der Waals surface area contributed by atoms with E-state index in [9.17, 15) is 4.79 Å². The first-order valence-corrected chi connectivity index (χ1v) is 13.0. The second kappa shape index (κ2) is 11.7. The van der Waals surface area contributed by atoms with Crippen molar-refractivity contribution in [3.63, 3.8) is 0 Å². The molecular weight excluding hydrogens is 539 g/mol. The highest BCUT2D eigenvalue weighted by Crippen LogP contribution is 2.33. The molecule has 0 unspecified atom stereocenters. The number of hydrogen-bond donors (Lipinski definition) is 2. The number of nitrogens with zero attached hydrogens (tertiary/aromatic N) is 3. The Bertz CT molecular complexity index is 1300. The van der Waals surface area contributed by atoms with Crippen molar-refractivity contribution in [3.8, 4) is 16.9 Å². The van der Waals surface area contributed by atoms with Crippen LogP contribution in [0.3, 0.4) is 0 Å². The second-order valence-electron chi connectivity index (χ2n) is 7.75. The molecule has 2 N–H and O–H groups in total. The highest BCUT2D eigenvalue weighted by molar-refractivity contribution is 7.79. The number of benzene rings is 2. The van der Waals surface area contributed by atoms with Crippen LogP contribution in [0.1, 0.15) is 35.3 Å². The van der Waals surface area contributed by atoms with Crippen LogP contribution in [0, 0.1) is 6.92 Å². The summed E-state index contributed by atoms with van der Waals surface area (Å²) in [4.78, 5) is 13.1. The molecule has 35 heavy (non-hydrogen) atoms. The zero-order chi connectivity index (χ0) is 25.8. The number of amides is 1. The molecule has 1 aliphatic rings. The van der Waals surface area contributed by atoms with Crippen molar-refractivity contribution in [2.45, 2.75) is 26.2 Å². The molecular formula is C22H22Cl3N4O5S-. The van der Waals surface area contributed by atoms with Gasteiger partial charge in [0.15, 0.2) is 5.69 Å². The summed E-state index contributed by atoms with van der Waals surface area (Å²) in [6.07, 6.45) is 3.34. The molecule has 13 heteroatoms. The summed E-state index contributed by atoms with van der Waals surface area (Å²) in [6, 6.07) is 12.6. The van der Waals surface area contributed by atoms with Crippen molar-refractivity contribution in [1.82, 2.24) is 20.2 Å². The molecule has 9 nitrogen and oxygen atoms in total. The standard InChI is InChI=1S/C22H21Cl3N4O.H2O4S/c1-14-20(22(30)27-28-11-3-2-4-12-28)26-29(19-10-9-17(24)13-18(19)25)21(14)15-5-7-16(23)8-6-15;1-5(2,3)4/h5-10,13H,2-4,11-12H2,1H3,(H,27,30);(H2,1,2,3,4)/p-1. The molecule has 1 fully saturated rings. The van der Waals surface area contributed by atoms with Gasteiger partial charge in [-0.15, -0.1) is 0 Å². The molecule has 0 atom stereocenters. The van der Waals surface area contributed by atoms with Crippen LogP contribution in [0.5, 0.6) is 0 Å². The van der Waals surface area contributed by atoms with Crippen LogP contribution in [0.2, 0.25) is 15.1 Å². The van der Waals surface area contributed by atoms with E-state index >= 15 is 0 Å². The van der Waals surface area contributed by atoms with Crippen LogP contribution < -0.4 is 5.43 Å². The molecule has 3 aromatic rings. The van der Waals surface area contributed by atoms with E-state index in [0.29, 0.717) is 26.4 Å². The average molecular weight is 561 g/mol. The van der Waals surface area contributed by atoms with E-state index in [1.807, 2.05) is 36.2 Å². The number of rotatable bonds is 4.